The number of carbonyl (C=O) groups is 1. The molecule has 2 bridgehead atoms. The Morgan fingerprint density at radius 2 is 1.93 bits per heavy atom. The van der Waals surface area contributed by atoms with E-state index in [-0.39, 0.29) is 42.6 Å². The monoisotopic (exact) mass is 740 g/mol. The van der Waals surface area contributed by atoms with E-state index in [0.717, 1.165) is 55.0 Å². The van der Waals surface area contributed by atoms with Crippen molar-refractivity contribution in [1.82, 2.24) is 24.8 Å². The minimum Gasteiger partial charge on any atom is -0.475 e. The van der Waals surface area contributed by atoms with Crippen LogP contribution in [0.2, 0.25) is 0 Å². The molecule has 5 aliphatic heterocycles. The van der Waals surface area contributed by atoms with Gasteiger partial charge in [0.1, 0.15) is 41.9 Å². The molecule has 4 saturated heterocycles. The minimum atomic E-state index is -0.867. The lowest BCUT2D eigenvalue weighted by Crippen LogP contribution is -2.63. The van der Waals surface area contributed by atoms with E-state index in [9.17, 15) is 9.18 Å². The maximum atomic E-state index is 14.7. The largest absolute Gasteiger partial charge is 0.475 e. The van der Waals surface area contributed by atoms with E-state index in [1.54, 1.807) is 7.11 Å². The van der Waals surface area contributed by atoms with E-state index in [4.69, 9.17) is 38.6 Å². The van der Waals surface area contributed by atoms with Crippen molar-refractivity contribution in [3.8, 4) is 28.9 Å². The number of nitrogens with zero attached hydrogens (tertiary/aromatic N) is 6. The number of carbonyl (C=O) groups excluding carboxylic acids is 1. The van der Waals surface area contributed by atoms with Crippen LogP contribution in [0.25, 0.3) is 32.9 Å². The molecule has 1 amide bonds. The van der Waals surface area contributed by atoms with E-state index in [2.05, 4.69) is 34.9 Å². The normalized spacial score (nSPS) is 26.1. The van der Waals surface area contributed by atoms with Crippen molar-refractivity contribution in [3.05, 3.63) is 42.0 Å². The highest BCUT2D eigenvalue weighted by Gasteiger charge is 2.52. The van der Waals surface area contributed by atoms with Gasteiger partial charge in [-0.25, -0.2) is 14.2 Å². The third-order valence-corrected chi connectivity index (χ3v) is 11.9. The Morgan fingerprint density at radius 1 is 1.06 bits per heavy atom. The first-order valence-electron chi connectivity index (χ1n) is 19.4. The van der Waals surface area contributed by atoms with Gasteiger partial charge in [-0.1, -0.05) is 25.1 Å². The number of ether oxygens (including phenoxy) is 5. The highest BCUT2D eigenvalue weighted by Crippen LogP contribution is 2.46. The highest BCUT2D eigenvalue weighted by atomic mass is 19.1. The molecule has 13 heteroatoms. The summed E-state index contributed by atoms with van der Waals surface area (Å²) in [5.41, 5.74) is 2.41. The van der Waals surface area contributed by atoms with Crippen LogP contribution < -0.4 is 19.1 Å². The molecular weight excluding hydrogens is 691 g/mol. The quantitative estimate of drug-likeness (QED) is 0.180. The molecule has 0 aliphatic carbocycles. The van der Waals surface area contributed by atoms with Crippen LogP contribution in [0.4, 0.5) is 15.0 Å². The van der Waals surface area contributed by atoms with Crippen molar-refractivity contribution >= 4 is 33.6 Å². The molecule has 0 saturated carbocycles. The summed E-state index contributed by atoms with van der Waals surface area (Å²) in [7, 11) is 1.60. The fourth-order valence-corrected chi connectivity index (χ4v) is 9.68. The minimum absolute atomic E-state index is 0.0520. The van der Waals surface area contributed by atoms with Gasteiger partial charge in [0.05, 0.1) is 34.9 Å². The molecule has 54 heavy (non-hydrogen) atoms. The van der Waals surface area contributed by atoms with Crippen molar-refractivity contribution in [2.24, 2.45) is 0 Å². The summed E-state index contributed by atoms with van der Waals surface area (Å²) in [6, 6.07) is 12.1. The number of fused-ring (bicyclic) bond motifs is 7. The number of amides is 1. The number of anilines is 1. The Bertz CT molecular complexity index is 2110. The first-order valence-corrected chi connectivity index (χ1v) is 19.4. The van der Waals surface area contributed by atoms with Crippen LogP contribution in [0, 0.1) is 0 Å². The lowest BCUT2D eigenvalue weighted by atomic mass is 9.95. The van der Waals surface area contributed by atoms with E-state index in [1.807, 2.05) is 43.9 Å². The standard InChI is InChI=1S/C41H49FN6O6/c1-6-24-9-7-10-25-15-28(53-23-50-5)16-29(34(24)25)30-17-31-35-36(45-38(44-31)52-22-41-13-8-14-46(41)19-26(42)18-41)47-20-27-11-12-32(33(47)21-51-37(35)43-30)48(27)39(49)54-40(2,3)4/h7,9-10,15-17,26-27,32-33H,6,8,11-14,18-23H2,1-5H3. The zero-order valence-electron chi connectivity index (χ0n) is 31.8. The topological polar surface area (TPSA) is 112 Å². The number of hydrogen-bond donors (Lipinski definition) is 0. The van der Waals surface area contributed by atoms with Gasteiger partial charge >= 0.3 is 12.1 Å². The van der Waals surface area contributed by atoms with Gasteiger partial charge in [-0.2, -0.15) is 9.97 Å². The first-order chi connectivity index (χ1) is 26.0. The summed E-state index contributed by atoms with van der Waals surface area (Å²) in [5.74, 6) is 1.77. The molecular formula is C41H49FN6O6. The van der Waals surface area contributed by atoms with E-state index in [1.165, 1.54) is 5.56 Å². The van der Waals surface area contributed by atoms with Gasteiger partial charge in [-0.05, 0) is 94.0 Å². The lowest BCUT2D eigenvalue weighted by molar-refractivity contribution is 0.00537. The summed E-state index contributed by atoms with van der Waals surface area (Å²) < 4.78 is 45.1. The van der Waals surface area contributed by atoms with Crippen molar-refractivity contribution in [2.75, 3.05) is 51.7 Å². The molecule has 4 fully saturated rings. The summed E-state index contributed by atoms with van der Waals surface area (Å²) in [6.45, 7) is 10.4. The number of hydrogen-bond acceptors (Lipinski definition) is 11. The number of aryl methyl sites for hydroxylation is 1. The van der Waals surface area contributed by atoms with Crippen LogP contribution in [0.5, 0.6) is 17.6 Å². The predicted molar refractivity (Wildman–Crippen MR) is 202 cm³/mol. The van der Waals surface area contributed by atoms with E-state index < -0.39 is 11.8 Å². The van der Waals surface area contributed by atoms with Crippen LogP contribution in [0.1, 0.15) is 65.4 Å². The van der Waals surface area contributed by atoms with Crippen LogP contribution in [-0.4, -0.2) is 113 Å². The second-order valence-corrected chi connectivity index (χ2v) is 16.5. The van der Waals surface area contributed by atoms with Crippen molar-refractivity contribution in [1.29, 1.82) is 0 Å². The molecule has 5 aliphatic rings. The molecule has 0 spiro atoms. The predicted octanol–water partition coefficient (Wildman–Crippen LogP) is 6.69. The zero-order chi connectivity index (χ0) is 37.4. The average molecular weight is 741 g/mol. The van der Waals surface area contributed by atoms with Gasteiger partial charge in [0.25, 0.3) is 0 Å². The molecule has 0 radical (unpaired) electrons. The molecule has 2 aromatic carbocycles. The number of methoxy groups -OCH3 is 1. The summed E-state index contributed by atoms with van der Waals surface area (Å²) in [5, 5.41) is 2.81. The summed E-state index contributed by atoms with van der Waals surface area (Å²) >= 11 is 0. The fourth-order valence-electron chi connectivity index (χ4n) is 9.68. The number of benzene rings is 2. The number of piperazine rings is 1. The van der Waals surface area contributed by atoms with Gasteiger partial charge in [-0.15, -0.1) is 0 Å². The first kappa shape index (κ1) is 35.2. The molecule has 5 atom stereocenters. The molecule has 4 aromatic rings. The van der Waals surface area contributed by atoms with Crippen LogP contribution in [0.15, 0.2) is 36.4 Å². The van der Waals surface area contributed by atoms with Gasteiger partial charge in [0.2, 0.25) is 5.88 Å². The smallest absolute Gasteiger partial charge is 0.410 e. The summed E-state index contributed by atoms with van der Waals surface area (Å²) in [6.07, 6.45) is 3.69. The Hall–Kier alpha value is -4.49. The number of aromatic nitrogens is 3. The Labute approximate surface area is 314 Å². The molecule has 2 aromatic heterocycles. The SMILES string of the molecule is CCc1cccc2cc(OCOC)cc(-c3cc4nc(OCC56CCCN5CC(F)C6)nc5c4c(n3)OCC3C4CCC(CN53)N4C(=O)OC(C)(C)C)c12. The number of rotatable bonds is 8. The number of pyridine rings is 1. The van der Waals surface area contributed by atoms with Crippen molar-refractivity contribution in [3.63, 3.8) is 0 Å². The third kappa shape index (κ3) is 6.03. The van der Waals surface area contributed by atoms with Gasteiger partial charge in [0, 0.05) is 32.2 Å². The van der Waals surface area contributed by atoms with Crippen molar-refractivity contribution < 1.29 is 32.9 Å². The Morgan fingerprint density at radius 3 is 2.74 bits per heavy atom. The van der Waals surface area contributed by atoms with Gasteiger partial charge in [0.15, 0.2) is 6.79 Å². The molecule has 0 N–H and O–H groups in total. The maximum Gasteiger partial charge on any atom is 0.410 e. The molecule has 286 valence electrons. The maximum absolute atomic E-state index is 14.7. The third-order valence-electron chi connectivity index (χ3n) is 11.9. The van der Waals surface area contributed by atoms with Crippen LogP contribution in [0.3, 0.4) is 0 Å². The molecule has 7 heterocycles. The van der Waals surface area contributed by atoms with Gasteiger partial charge < -0.3 is 28.6 Å². The lowest BCUT2D eigenvalue weighted by Gasteiger charge is -2.46. The average Bonchev–Trinajstić information content (AvgIpc) is 3.75. The fraction of sp³-hybridized carbons (Fsp3) is 0.561. The van der Waals surface area contributed by atoms with E-state index >= 15 is 0 Å². The highest BCUT2D eigenvalue weighted by molar-refractivity contribution is 6.03. The number of halogens is 1. The van der Waals surface area contributed by atoms with Crippen LogP contribution >= 0.6 is 0 Å². The molecule has 5 unspecified atom stereocenters. The number of alkyl halides is 1. The zero-order valence-corrected chi connectivity index (χ0v) is 31.8. The van der Waals surface area contributed by atoms with Crippen LogP contribution in [-0.2, 0) is 15.9 Å². The van der Waals surface area contributed by atoms with Crippen molar-refractivity contribution in [2.45, 2.75) is 102 Å². The molecule has 12 nitrogen and oxygen atoms in total. The van der Waals surface area contributed by atoms with Gasteiger partial charge in [-0.3, -0.25) is 9.80 Å². The molecule has 9 rings (SSSR count). The Kier molecular flexibility index (Phi) is 8.72. The second-order valence-electron chi connectivity index (χ2n) is 16.5. The summed E-state index contributed by atoms with van der Waals surface area (Å²) in [4.78, 5) is 35.4. The van der Waals surface area contributed by atoms with E-state index in [0.29, 0.717) is 66.8 Å². The Balaban J connectivity index is 1.17. The second kappa shape index (κ2) is 13.4.